The van der Waals surface area contributed by atoms with Gasteiger partial charge in [0.15, 0.2) is 4.67 Å². The minimum Gasteiger partial charge on any atom is -0.454 e. The van der Waals surface area contributed by atoms with E-state index in [1.165, 1.54) is 6.42 Å². The van der Waals surface area contributed by atoms with Crippen LogP contribution in [0, 0.1) is 0 Å². The maximum atomic E-state index is 12.7. The van der Waals surface area contributed by atoms with Gasteiger partial charge in [-0.25, -0.2) is 4.98 Å². The third kappa shape index (κ3) is 4.13. The summed E-state index contributed by atoms with van der Waals surface area (Å²) in [5, 5.41) is 3.26. The van der Waals surface area contributed by atoms with Crippen molar-refractivity contribution in [2.75, 3.05) is 25.0 Å². The molecule has 122 valence electrons. The van der Waals surface area contributed by atoms with Gasteiger partial charge >= 0.3 is 0 Å². The predicted molar refractivity (Wildman–Crippen MR) is 92.6 cm³/mol. The van der Waals surface area contributed by atoms with E-state index < -0.39 is 0 Å². The molecule has 1 N–H and O–H groups in total. The monoisotopic (exact) mass is 377 g/mol. The Hall–Kier alpha value is -1.82. The number of aromatic nitrogens is 1. The number of piperidine rings is 1. The molecule has 0 atom stereocenters. The van der Waals surface area contributed by atoms with Crippen LogP contribution in [0.15, 0.2) is 39.5 Å². The average molecular weight is 378 g/mol. The topological polar surface area (TPSA) is 58.4 Å². The highest BCUT2D eigenvalue weighted by atomic mass is 79.9. The van der Waals surface area contributed by atoms with Crippen molar-refractivity contribution in [1.82, 2.24) is 9.88 Å². The first-order chi connectivity index (χ1) is 11.2. The van der Waals surface area contributed by atoms with E-state index in [4.69, 9.17) is 4.42 Å². The minimum absolute atomic E-state index is 0.0704. The summed E-state index contributed by atoms with van der Waals surface area (Å²) in [7, 11) is 0. The van der Waals surface area contributed by atoms with Gasteiger partial charge in [0.2, 0.25) is 0 Å². The summed E-state index contributed by atoms with van der Waals surface area (Å²) in [4.78, 5) is 18.9. The van der Waals surface area contributed by atoms with Crippen LogP contribution in [0.1, 0.15) is 35.4 Å². The molecule has 6 heteroatoms. The molecule has 2 aromatic heterocycles. The smallest absolute Gasteiger partial charge is 0.257 e. The molecule has 0 aliphatic carbocycles. The third-order valence-corrected chi connectivity index (χ3v) is 4.40. The van der Waals surface area contributed by atoms with E-state index in [9.17, 15) is 4.79 Å². The largest absolute Gasteiger partial charge is 0.454 e. The lowest BCUT2D eigenvalue weighted by Gasteiger charge is -2.27. The molecule has 0 saturated carbocycles. The van der Waals surface area contributed by atoms with Crippen LogP contribution in [-0.2, 0) is 6.42 Å². The molecule has 23 heavy (non-hydrogen) atoms. The number of carbonyl (C=O) groups is 1. The van der Waals surface area contributed by atoms with E-state index in [0.717, 1.165) is 42.8 Å². The van der Waals surface area contributed by atoms with Gasteiger partial charge in [0.25, 0.3) is 5.91 Å². The number of halogens is 1. The fraction of sp³-hybridized carbons (Fsp3) is 0.412. The second kappa shape index (κ2) is 7.64. The van der Waals surface area contributed by atoms with E-state index in [2.05, 4.69) is 26.2 Å². The minimum atomic E-state index is 0.0704. The Morgan fingerprint density at radius 1 is 1.26 bits per heavy atom. The Labute approximate surface area is 144 Å². The third-order valence-electron chi connectivity index (χ3n) is 3.97. The summed E-state index contributed by atoms with van der Waals surface area (Å²) in [5.74, 6) is 1.61. The SMILES string of the molecule is O=C(c1cccnc1NCCc1ccc(Br)o1)N1CCCCC1. The molecule has 5 nitrogen and oxygen atoms in total. The molecule has 0 bridgehead atoms. The highest BCUT2D eigenvalue weighted by Gasteiger charge is 2.21. The number of furan rings is 1. The van der Waals surface area contributed by atoms with Crippen LogP contribution in [0.2, 0.25) is 0 Å². The molecule has 1 fully saturated rings. The van der Waals surface area contributed by atoms with Crippen LogP contribution in [-0.4, -0.2) is 35.4 Å². The van der Waals surface area contributed by atoms with Crippen molar-refractivity contribution >= 4 is 27.7 Å². The molecule has 1 aliphatic heterocycles. The summed E-state index contributed by atoms with van der Waals surface area (Å²) in [5.41, 5.74) is 0.648. The first-order valence-electron chi connectivity index (χ1n) is 7.96. The Balaban J connectivity index is 1.64. The number of nitrogens with one attached hydrogen (secondary N) is 1. The normalized spacial score (nSPS) is 14.7. The van der Waals surface area contributed by atoms with Gasteiger partial charge < -0.3 is 14.6 Å². The second-order valence-electron chi connectivity index (χ2n) is 5.64. The fourth-order valence-corrected chi connectivity index (χ4v) is 3.12. The van der Waals surface area contributed by atoms with Crippen molar-refractivity contribution in [1.29, 1.82) is 0 Å². The van der Waals surface area contributed by atoms with Crippen LogP contribution in [0.4, 0.5) is 5.82 Å². The summed E-state index contributed by atoms with van der Waals surface area (Å²) < 4.78 is 6.20. The van der Waals surface area contributed by atoms with Gasteiger partial charge in [0, 0.05) is 32.3 Å². The molecular formula is C17H20BrN3O2. The number of rotatable bonds is 5. The Bertz CT molecular complexity index is 665. The molecule has 1 amide bonds. The Morgan fingerprint density at radius 3 is 2.83 bits per heavy atom. The standard InChI is InChI=1S/C17H20BrN3O2/c18-15-7-6-13(23-15)8-10-20-16-14(5-4-9-19-16)17(22)21-11-2-1-3-12-21/h4-7,9H,1-3,8,10-12H2,(H,19,20). The highest BCUT2D eigenvalue weighted by molar-refractivity contribution is 9.10. The van der Waals surface area contributed by atoms with Crippen LogP contribution < -0.4 is 5.32 Å². The van der Waals surface area contributed by atoms with Gasteiger partial charge in [-0.3, -0.25) is 4.79 Å². The molecular weight excluding hydrogens is 358 g/mol. The quantitative estimate of drug-likeness (QED) is 0.862. The molecule has 1 aliphatic rings. The Morgan fingerprint density at radius 2 is 2.09 bits per heavy atom. The maximum Gasteiger partial charge on any atom is 0.257 e. The number of amides is 1. The number of hydrogen-bond donors (Lipinski definition) is 1. The van der Waals surface area contributed by atoms with Crippen molar-refractivity contribution in [3.05, 3.63) is 46.5 Å². The van der Waals surface area contributed by atoms with Gasteiger partial charge in [-0.1, -0.05) is 0 Å². The van der Waals surface area contributed by atoms with Gasteiger partial charge in [0.05, 0.1) is 5.56 Å². The van der Waals surface area contributed by atoms with Crippen molar-refractivity contribution in [2.45, 2.75) is 25.7 Å². The number of nitrogens with zero attached hydrogens (tertiary/aromatic N) is 2. The number of hydrogen-bond acceptors (Lipinski definition) is 4. The molecule has 0 aromatic carbocycles. The summed E-state index contributed by atoms with van der Waals surface area (Å²) >= 11 is 3.29. The van der Waals surface area contributed by atoms with E-state index in [-0.39, 0.29) is 5.91 Å². The zero-order chi connectivity index (χ0) is 16.1. The van der Waals surface area contributed by atoms with Crippen LogP contribution >= 0.6 is 15.9 Å². The van der Waals surface area contributed by atoms with Crippen molar-refractivity contribution in [3.63, 3.8) is 0 Å². The lowest BCUT2D eigenvalue weighted by Crippen LogP contribution is -2.36. The zero-order valence-corrected chi connectivity index (χ0v) is 14.5. The summed E-state index contributed by atoms with van der Waals surface area (Å²) in [6.07, 6.45) is 5.82. The molecule has 0 radical (unpaired) electrons. The molecule has 3 heterocycles. The van der Waals surface area contributed by atoms with Crippen molar-refractivity contribution in [2.24, 2.45) is 0 Å². The van der Waals surface area contributed by atoms with Crippen LogP contribution in [0.5, 0.6) is 0 Å². The number of anilines is 1. The van der Waals surface area contributed by atoms with Gasteiger partial charge in [-0.15, -0.1) is 0 Å². The van der Waals surface area contributed by atoms with Gasteiger partial charge in [-0.05, 0) is 59.5 Å². The Kier molecular flexibility index (Phi) is 5.33. The highest BCUT2D eigenvalue weighted by Crippen LogP contribution is 2.19. The van der Waals surface area contributed by atoms with Gasteiger partial charge in [-0.2, -0.15) is 0 Å². The lowest BCUT2D eigenvalue weighted by atomic mass is 10.1. The number of carbonyl (C=O) groups excluding carboxylic acids is 1. The fourth-order valence-electron chi connectivity index (χ4n) is 2.78. The molecule has 0 unspecified atom stereocenters. The summed E-state index contributed by atoms with van der Waals surface area (Å²) in [6.45, 7) is 2.35. The predicted octanol–water partition coefficient (Wildman–Crippen LogP) is 3.72. The van der Waals surface area contributed by atoms with E-state index >= 15 is 0 Å². The summed E-state index contributed by atoms with van der Waals surface area (Å²) in [6, 6.07) is 7.47. The number of likely N-dealkylation sites (tertiary alicyclic amines) is 1. The van der Waals surface area contributed by atoms with E-state index in [1.807, 2.05) is 29.2 Å². The molecule has 1 saturated heterocycles. The molecule has 3 rings (SSSR count). The lowest BCUT2D eigenvalue weighted by molar-refractivity contribution is 0.0725. The first-order valence-corrected chi connectivity index (χ1v) is 8.76. The van der Waals surface area contributed by atoms with Crippen LogP contribution in [0.25, 0.3) is 0 Å². The van der Waals surface area contributed by atoms with Crippen molar-refractivity contribution < 1.29 is 9.21 Å². The molecule has 0 spiro atoms. The second-order valence-corrected chi connectivity index (χ2v) is 6.42. The van der Waals surface area contributed by atoms with Crippen molar-refractivity contribution in [3.8, 4) is 0 Å². The molecule has 2 aromatic rings. The van der Waals surface area contributed by atoms with E-state index in [0.29, 0.717) is 17.9 Å². The van der Waals surface area contributed by atoms with Gasteiger partial charge in [0.1, 0.15) is 11.6 Å². The maximum absolute atomic E-state index is 12.7. The first kappa shape index (κ1) is 16.1. The van der Waals surface area contributed by atoms with E-state index in [1.54, 1.807) is 6.20 Å². The number of pyridine rings is 1. The average Bonchev–Trinajstić information content (AvgIpc) is 3.01. The van der Waals surface area contributed by atoms with Crippen LogP contribution in [0.3, 0.4) is 0 Å². The zero-order valence-electron chi connectivity index (χ0n) is 12.9.